The van der Waals surface area contributed by atoms with Crippen LogP contribution in [0, 0.1) is 5.82 Å². The van der Waals surface area contributed by atoms with Crippen molar-refractivity contribution in [2.24, 2.45) is 0 Å². The molecule has 0 unspecified atom stereocenters. The fraction of sp³-hybridized carbons (Fsp3) is 0.192. The third-order valence-electron chi connectivity index (χ3n) is 6.10. The molecule has 0 spiro atoms. The molecule has 3 N–H and O–H groups in total. The van der Waals surface area contributed by atoms with Crippen molar-refractivity contribution in [2.45, 2.75) is 26.0 Å². The molecule has 7 nitrogen and oxygen atoms in total. The lowest BCUT2D eigenvalue weighted by molar-refractivity contribution is 0.269. The first-order chi connectivity index (χ1) is 17.6. The minimum Gasteiger partial charge on any atom is -0.487 e. The fourth-order valence-corrected chi connectivity index (χ4v) is 5.93. The highest BCUT2D eigenvalue weighted by atomic mass is 35.5. The van der Waals surface area contributed by atoms with Crippen LogP contribution in [-0.2, 0) is 26.0 Å². The number of aryl methyl sites for hydroxylation is 2. The first-order valence-corrected chi connectivity index (χ1v) is 12.7. The van der Waals surface area contributed by atoms with Crippen LogP contribution in [0.1, 0.15) is 16.8 Å². The van der Waals surface area contributed by atoms with E-state index in [1.807, 2.05) is 16.9 Å². The summed E-state index contributed by atoms with van der Waals surface area (Å²) in [7, 11) is 0. The topological polar surface area (TPSA) is 87.8 Å². The first kappa shape index (κ1) is 22.9. The van der Waals surface area contributed by atoms with Gasteiger partial charge in [-0.1, -0.05) is 23.7 Å². The second-order valence-corrected chi connectivity index (χ2v) is 9.91. The van der Waals surface area contributed by atoms with E-state index in [4.69, 9.17) is 21.4 Å². The van der Waals surface area contributed by atoms with Crippen molar-refractivity contribution in [1.29, 1.82) is 0 Å². The molecule has 3 heterocycles. The highest BCUT2D eigenvalue weighted by molar-refractivity contribution is 7.22. The number of rotatable bonds is 7. The zero-order chi connectivity index (χ0) is 24.6. The maximum Gasteiger partial charge on any atom is 0.163 e. The molecule has 0 saturated carbocycles. The van der Waals surface area contributed by atoms with Crippen LogP contribution in [0.2, 0.25) is 5.02 Å². The highest BCUT2D eigenvalue weighted by Crippen LogP contribution is 2.45. The third-order valence-corrected chi connectivity index (χ3v) is 7.57. The minimum absolute atomic E-state index is 0.220. The number of hydrogen-bond donors (Lipinski definition) is 1. The van der Waals surface area contributed by atoms with Crippen LogP contribution in [0.25, 0.3) is 20.7 Å². The number of nitrogens with one attached hydrogen (secondary N) is 1. The summed E-state index contributed by atoms with van der Waals surface area (Å²) in [6.07, 6.45) is 5.31. The Morgan fingerprint density at radius 2 is 2.08 bits per heavy atom. The van der Waals surface area contributed by atoms with E-state index in [2.05, 4.69) is 20.4 Å². The molecule has 0 amide bonds. The lowest BCUT2D eigenvalue weighted by Gasteiger charge is -2.13. The molecule has 0 aliphatic heterocycles. The van der Waals surface area contributed by atoms with Gasteiger partial charge in [-0.3, -0.25) is 4.68 Å². The molecule has 0 bridgehead atoms. The van der Waals surface area contributed by atoms with Gasteiger partial charge in [0.1, 0.15) is 41.7 Å². The standard InChI is InChI=1S/C26H21ClFN5O2S/c27-20-11-17(4-7-22(20)35-13-15-2-1-3-16(28)10-15)31-25-23-18-5-6-21-19(12-33(32-21)8-9-34)24(18)36-26(23)30-14-29-25/h1-4,7,10-12,14,34H,5-6,8-9,13H2,(H,29,30,31)/p+1. The number of aromatic nitrogens is 4. The fourth-order valence-electron chi connectivity index (χ4n) is 4.47. The van der Waals surface area contributed by atoms with E-state index in [9.17, 15) is 4.39 Å². The van der Waals surface area contributed by atoms with Gasteiger partial charge in [0.15, 0.2) is 6.61 Å². The molecule has 0 fully saturated rings. The number of fused-ring (bicyclic) bond motifs is 5. The van der Waals surface area contributed by atoms with Gasteiger partial charge in [-0.2, -0.15) is 5.10 Å². The van der Waals surface area contributed by atoms with E-state index in [1.165, 1.54) is 22.6 Å². The normalized spacial score (nSPS) is 12.4. The van der Waals surface area contributed by atoms with Gasteiger partial charge in [0, 0.05) is 22.3 Å². The van der Waals surface area contributed by atoms with Crippen LogP contribution < -0.4 is 10.1 Å². The van der Waals surface area contributed by atoms with Gasteiger partial charge in [0.2, 0.25) is 0 Å². The molecule has 182 valence electrons. The second kappa shape index (κ2) is 9.50. The summed E-state index contributed by atoms with van der Waals surface area (Å²) in [4.78, 5) is 11.2. The summed E-state index contributed by atoms with van der Waals surface area (Å²) >= 11 is 8.14. The maximum absolute atomic E-state index is 13.4. The number of anilines is 2. The molecule has 1 aliphatic carbocycles. The van der Waals surface area contributed by atoms with Crippen LogP contribution >= 0.6 is 22.9 Å². The number of benzene rings is 2. The Morgan fingerprint density at radius 3 is 2.92 bits per heavy atom. The van der Waals surface area contributed by atoms with Crippen molar-refractivity contribution in [3.63, 3.8) is 0 Å². The zero-order valence-electron chi connectivity index (χ0n) is 19.1. The summed E-state index contributed by atoms with van der Waals surface area (Å²) in [6, 6.07) is 11.8. The largest absolute Gasteiger partial charge is 0.487 e. The van der Waals surface area contributed by atoms with Crippen LogP contribution in [0.5, 0.6) is 5.75 Å². The Balaban J connectivity index is 1.27. The van der Waals surface area contributed by atoms with Crippen molar-refractivity contribution < 1.29 is 14.2 Å². The van der Waals surface area contributed by atoms with E-state index in [0.717, 1.165) is 51.4 Å². The quantitative estimate of drug-likeness (QED) is 0.285. The van der Waals surface area contributed by atoms with Gasteiger partial charge in [0.25, 0.3) is 0 Å². The van der Waals surface area contributed by atoms with E-state index in [1.54, 1.807) is 41.9 Å². The zero-order valence-corrected chi connectivity index (χ0v) is 20.7. The molecule has 1 aliphatic rings. The van der Waals surface area contributed by atoms with Crippen molar-refractivity contribution in [3.8, 4) is 16.2 Å². The smallest absolute Gasteiger partial charge is 0.163 e. The van der Waals surface area contributed by atoms with E-state index in [0.29, 0.717) is 23.9 Å². The second-order valence-electron chi connectivity index (χ2n) is 8.50. The van der Waals surface area contributed by atoms with E-state index in [-0.39, 0.29) is 12.4 Å². The summed E-state index contributed by atoms with van der Waals surface area (Å²) in [5, 5.41) is 17.0. The Labute approximate surface area is 215 Å². The Bertz CT molecular complexity index is 1580. The van der Waals surface area contributed by atoms with Gasteiger partial charge in [-0.25, -0.2) is 14.4 Å². The summed E-state index contributed by atoms with van der Waals surface area (Å²) in [6.45, 7) is 1.11. The highest BCUT2D eigenvalue weighted by Gasteiger charge is 2.26. The number of nitrogens with zero attached hydrogens (tertiary/aromatic N) is 4. The van der Waals surface area contributed by atoms with Crippen molar-refractivity contribution in [3.05, 3.63) is 82.6 Å². The molecular weight excluding hydrogens is 501 g/mol. The minimum atomic E-state index is -0.300. The Morgan fingerprint density at radius 1 is 1.17 bits per heavy atom. The molecule has 0 radical (unpaired) electrons. The number of halogens is 2. The van der Waals surface area contributed by atoms with E-state index >= 15 is 0 Å². The van der Waals surface area contributed by atoms with Gasteiger partial charge >= 0.3 is 0 Å². The van der Waals surface area contributed by atoms with Crippen LogP contribution in [0.3, 0.4) is 0 Å². The SMILES string of the molecule is [OH2+]CCn1cc2c(n1)CCc1c-2sc2ncnc(Nc3ccc(OCc4cccc(F)c4)c(Cl)c3)c12. The number of hydrogen-bond acceptors (Lipinski definition) is 6. The van der Waals surface area contributed by atoms with Crippen LogP contribution in [0.4, 0.5) is 15.9 Å². The molecule has 6 rings (SSSR count). The van der Waals surface area contributed by atoms with Crippen molar-refractivity contribution >= 4 is 44.7 Å². The van der Waals surface area contributed by atoms with Crippen LogP contribution in [0.15, 0.2) is 55.0 Å². The lowest BCUT2D eigenvalue weighted by atomic mass is 9.95. The maximum atomic E-state index is 13.4. The molecule has 0 atom stereocenters. The molecule has 5 aromatic rings. The van der Waals surface area contributed by atoms with Gasteiger partial charge < -0.3 is 15.2 Å². The molecule has 0 saturated heterocycles. The van der Waals surface area contributed by atoms with Gasteiger partial charge in [-0.05, 0) is 54.3 Å². The van der Waals surface area contributed by atoms with Crippen LogP contribution in [-0.4, -0.2) is 31.5 Å². The summed E-state index contributed by atoms with van der Waals surface area (Å²) in [5.41, 5.74) is 4.93. The molecule has 36 heavy (non-hydrogen) atoms. The molecule has 3 aromatic heterocycles. The average molecular weight is 523 g/mol. The van der Waals surface area contributed by atoms with Crippen molar-refractivity contribution in [1.82, 2.24) is 19.7 Å². The third kappa shape index (κ3) is 4.30. The Kier molecular flexibility index (Phi) is 6.04. The molecule has 2 aromatic carbocycles. The molecular formula is C26H22ClFN5O2S+. The monoisotopic (exact) mass is 522 g/mol. The lowest BCUT2D eigenvalue weighted by Crippen LogP contribution is -2.04. The molecule has 10 heteroatoms. The van der Waals surface area contributed by atoms with Crippen molar-refractivity contribution in [2.75, 3.05) is 11.9 Å². The average Bonchev–Trinajstić information content (AvgIpc) is 3.45. The predicted octanol–water partition coefficient (Wildman–Crippen LogP) is 5.49. The summed E-state index contributed by atoms with van der Waals surface area (Å²) < 4.78 is 21.1. The van der Waals surface area contributed by atoms with Gasteiger partial charge in [0.05, 0.1) is 16.1 Å². The van der Waals surface area contributed by atoms with E-state index < -0.39 is 0 Å². The number of thiophene rings is 1. The Hall–Kier alpha value is -3.53. The summed E-state index contributed by atoms with van der Waals surface area (Å²) in [5.74, 6) is 0.944. The first-order valence-electron chi connectivity index (χ1n) is 11.5. The number of ether oxygens (including phenoxy) is 1. The predicted molar refractivity (Wildman–Crippen MR) is 140 cm³/mol. The van der Waals surface area contributed by atoms with Gasteiger partial charge in [-0.15, -0.1) is 11.3 Å².